The SMILES string of the molecule is CC(C(=O)O)C(=O)NC(=O)COc1ccc(Cl)c(Cl)c1Cl. The van der Waals surface area contributed by atoms with Crippen LogP contribution in [0, 0.1) is 5.92 Å². The van der Waals surface area contributed by atoms with Gasteiger partial charge in [-0.2, -0.15) is 0 Å². The fourth-order valence-electron chi connectivity index (χ4n) is 1.16. The summed E-state index contributed by atoms with van der Waals surface area (Å²) in [4.78, 5) is 33.4. The van der Waals surface area contributed by atoms with Gasteiger partial charge in [-0.05, 0) is 19.1 Å². The number of nitrogens with one attached hydrogen (secondary N) is 1. The molecule has 0 aliphatic heterocycles. The van der Waals surface area contributed by atoms with E-state index in [1.807, 2.05) is 5.32 Å². The van der Waals surface area contributed by atoms with Crippen LogP contribution in [-0.4, -0.2) is 29.5 Å². The molecule has 0 bridgehead atoms. The summed E-state index contributed by atoms with van der Waals surface area (Å²) in [7, 11) is 0. The topological polar surface area (TPSA) is 92.7 Å². The maximum Gasteiger partial charge on any atom is 0.315 e. The summed E-state index contributed by atoms with van der Waals surface area (Å²) in [6.07, 6.45) is 0. The van der Waals surface area contributed by atoms with E-state index >= 15 is 0 Å². The van der Waals surface area contributed by atoms with E-state index in [2.05, 4.69) is 0 Å². The second-order valence-electron chi connectivity index (χ2n) is 3.93. The van der Waals surface area contributed by atoms with Gasteiger partial charge in [0.1, 0.15) is 16.7 Å². The number of carbonyl (C=O) groups excluding carboxylic acids is 2. The zero-order valence-electron chi connectivity index (χ0n) is 10.7. The zero-order chi connectivity index (χ0) is 16.2. The van der Waals surface area contributed by atoms with Crippen molar-refractivity contribution in [1.29, 1.82) is 0 Å². The third kappa shape index (κ3) is 4.77. The monoisotopic (exact) mass is 353 g/mol. The summed E-state index contributed by atoms with van der Waals surface area (Å²) in [5.74, 6) is -4.32. The van der Waals surface area contributed by atoms with E-state index < -0.39 is 30.3 Å². The van der Waals surface area contributed by atoms with Crippen LogP contribution in [-0.2, 0) is 14.4 Å². The molecule has 9 heteroatoms. The van der Waals surface area contributed by atoms with Crippen LogP contribution in [0.1, 0.15) is 6.92 Å². The lowest BCUT2D eigenvalue weighted by Crippen LogP contribution is -2.40. The van der Waals surface area contributed by atoms with Gasteiger partial charge in [-0.1, -0.05) is 34.8 Å². The number of carboxylic acids is 1. The molecule has 1 aromatic carbocycles. The van der Waals surface area contributed by atoms with Crippen molar-refractivity contribution in [3.8, 4) is 5.75 Å². The third-order valence-corrected chi connectivity index (χ3v) is 3.66. The number of hydrogen-bond donors (Lipinski definition) is 2. The number of hydrogen-bond acceptors (Lipinski definition) is 4. The maximum absolute atomic E-state index is 11.5. The lowest BCUT2D eigenvalue weighted by atomic mass is 10.2. The molecule has 21 heavy (non-hydrogen) atoms. The standard InChI is InChI=1S/C12H10Cl3NO5/c1-5(12(19)20)11(18)16-8(17)4-21-7-3-2-6(13)9(14)10(7)15/h2-3,5H,4H2,1H3,(H,19,20)(H,16,17,18). The molecule has 6 nitrogen and oxygen atoms in total. The highest BCUT2D eigenvalue weighted by Gasteiger charge is 2.22. The molecule has 2 N–H and O–H groups in total. The molecule has 0 aromatic heterocycles. The predicted molar refractivity (Wildman–Crippen MR) is 76.9 cm³/mol. The van der Waals surface area contributed by atoms with Crippen LogP contribution in [0.5, 0.6) is 5.75 Å². The van der Waals surface area contributed by atoms with Crippen molar-refractivity contribution in [2.24, 2.45) is 5.92 Å². The van der Waals surface area contributed by atoms with Crippen LogP contribution in [0.3, 0.4) is 0 Å². The van der Waals surface area contributed by atoms with Gasteiger partial charge in [-0.15, -0.1) is 0 Å². The molecule has 1 aromatic rings. The number of halogens is 3. The van der Waals surface area contributed by atoms with Crippen LogP contribution in [0.2, 0.25) is 15.1 Å². The first-order valence-electron chi connectivity index (χ1n) is 5.56. The molecule has 0 spiro atoms. The fourth-order valence-corrected chi connectivity index (χ4v) is 1.74. The second-order valence-corrected chi connectivity index (χ2v) is 5.10. The maximum atomic E-state index is 11.5. The van der Waals surface area contributed by atoms with Crippen LogP contribution < -0.4 is 10.1 Å². The van der Waals surface area contributed by atoms with Crippen molar-refractivity contribution in [3.05, 3.63) is 27.2 Å². The zero-order valence-corrected chi connectivity index (χ0v) is 12.9. The van der Waals surface area contributed by atoms with Crippen molar-refractivity contribution >= 4 is 52.6 Å². The Balaban J connectivity index is 2.60. The van der Waals surface area contributed by atoms with Crippen LogP contribution in [0.15, 0.2) is 12.1 Å². The molecule has 0 aliphatic carbocycles. The van der Waals surface area contributed by atoms with Crippen molar-refractivity contribution in [2.75, 3.05) is 6.61 Å². The minimum Gasteiger partial charge on any atom is -0.482 e. The highest BCUT2D eigenvalue weighted by atomic mass is 35.5. The molecule has 114 valence electrons. The van der Waals surface area contributed by atoms with Gasteiger partial charge < -0.3 is 9.84 Å². The molecule has 1 unspecified atom stereocenters. The highest BCUT2D eigenvalue weighted by Crippen LogP contribution is 2.36. The summed E-state index contributed by atoms with van der Waals surface area (Å²) >= 11 is 17.4. The average molecular weight is 355 g/mol. The van der Waals surface area contributed by atoms with E-state index in [-0.39, 0.29) is 20.8 Å². The Hall–Kier alpha value is -1.50. The average Bonchev–Trinajstić information content (AvgIpc) is 2.42. The van der Waals surface area contributed by atoms with Crippen molar-refractivity contribution in [1.82, 2.24) is 5.32 Å². The Morgan fingerprint density at radius 1 is 1.24 bits per heavy atom. The molecule has 1 atom stereocenters. The van der Waals surface area contributed by atoms with Gasteiger partial charge in [-0.25, -0.2) is 0 Å². The van der Waals surface area contributed by atoms with Gasteiger partial charge in [0.2, 0.25) is 5.91 Å². The minimum atomic E-state index is -1.34. The summed E-state index contributed by atoms with van der Waals surface area (Å²) in [5, 5.41) is 10.8. The smallest absolute Gasteiger partial charge is 0.315 e. The Bertz CT molecular complexity index is 591. The first kappa shape index (κ1) is 17.6. The minimum absolute atomic E-state index is 0.0298. The van der Waals surface area contributed by atoms with Gasteiger partial charge in [0.25, 0.3) is 5.91 Å². The summed E-state index contributed by atoms with van der Waals surface area (Å²) < 4.78 is 5.09. The lowest BCUT2D eigenvalue weighted by molar-refractivity contribution is -0.147. The van der Waals surface area contributed by atoms with Gasteiger partial charge in [0.15, 0.2) is 6.61 Å². The van der Waals surface area contributed by atoms with Crippen LogP contribution in [0.4, 0.5) is 0 Å². The molecule has 0 heterocycles. The second kappa shape index (κ2) is 7.49. The normalized spacial score (nSPS) is 11.6. The quantitative estimate of drug-likeness (QED) is 0.625. The van der Waals surface area contributed by atoms with Gasteiger partial charge in [0, 0.05) is 0 Å². The molecular weight excluding hydrogens is 344 g/mol. The number of benzene rings is 1. The number of amides is 2. The van der Waals surface area contributed by atoms with Crippen molar-refractivity contribution < 1.29 is 24.2 Å². The van der Waals surface area contributed by atoms with Gasteiger partial charge in [0.05, 0.1) is 10.0 Å². The number of ether oxygens (including phenoxy) is 1. The van der Waals surface area contributed by atoms with E-state index in [9.17, 15) is 14.4 Å². The third-order valence-electron chi connectivity index (χ3n) is 2.38. The molecule has 0 aliphatic rings. The largest absolute Gasteiger partial charge is 0.482 e. The van der Waals surface area contributed by atoms with E-state index in [0.29, 0.717) is 0 Å². The predicted octanol–water partition coefficient (Wildman–Crippen LogP) is 2.39. The fraction of sp³-hybridized carbons (Fsp3) is 0.250. The number of aliphatic carboxylic acids is 1. The molecular formula is C12H10Cl3NO5. The van der Waals surface area contributed by atoms with E-state index in [4.69, 9.17) is 44.6 Å². The lowest BCUT2D eigenvalue weighted by Gasteiger charge is -2.10. The summed E-state index contributed by atoms with van der Waals surface area (Å²) in [5.41, 5.74) is 0. The van der Waals surface area contributed by atoms with Gasteiger partial charge >= 0.3 is 5.97 Å². The summed E-state index contributed by atoms with van der Waals surface area (Å²) in [6.45, 7) is 0.622. The van der Waals surface area contributed by atoms with E-state index in [1.165, 1.54) is 12.1 Å². The molecule has 0 radical (unpaired) electrons. The number of carbonyl (C=O) groups is 3. The van der Waals surface area contributed by atoms with Crippen molar-refractivity contribution in [2.45, 2.75) is 6.92 Å². The number of carboxylic acid groups (broad SMARTS) is 1. The number of imide groups is 1. The Morgan fingerprint density at radius 2 is 1.86 bits per heavy atom. The molecule has 2 amide bonds. The molecule has 0 saturated carbocycles. The molecule has 0 fully saturated rings. The summed E-state index contributed by atoms with van der Waals surface area (Å²) in [6, 6.07) is 2.84. The Labute approximate surface area is 134 Å². The van der Waals surface area contributed by atoms with Gasteiger partial charge in [-0.3, -0.25) is 19.7 Å². The Morgan fingerprint density at radius 3 is 2.43 bits per heavy atom. The van der Waals surface area contributed by atoms with Crippen LogP contribution in [0.25, 0.3) is 0 Å². The van der Waals surface area contributed by atoms with E-state index in [1.54, 1.807) is 0 Å². The van der Waals surface area contributed by atoms with Crippen molar-refractivity contribution in [3.63, 3.8) is 0 Å². The Kier molecular flexibility index (Phi) is 6.26. The van der Waals surface area contributed by atoms with E-state index in [0.717, 1.165) is 6.92 Å². The first-order chi connectivity index (χ1) is 9.73. The highest BCUT2D eigenvalue weighted by molar-refractivity contribution is 6.48. The first-order valence-corrected chi connectivity index (χ1v) is 6.70. The molecule has 1 rings (SSSR count). The molecule has 0 saturated heterocycles. The van der Waals surface area contributed by atoms with Crippen LogP contribution >= 0.6 is 34.8 Å². The number of rotatable bonds is 5.